The van der Waals surface area contributed by atoms with Gasteiger partial charge >= 0.3 is 0 Å². The zero-order chi connectivity index (χ0) is 12.1. The summed E-state index contributed by atoms with van der Waals surface area (Å²) in [5.74, 6) is 0.274. The highest BCUT2D eigenvalue weighted by Gasteiger charge is 2.23. The molecule has 0 aromatic rings. The Morgan fingerprint density at radius 2 is 1.82 bits per heavy atom. The molecular weight excluding hydrogens is 212 g/mol. The molecule has 3 nitrogen and oxygen atoms in total. The number of carbonyl (C=O) groups is 1. The van der Waals surface area contributed by atoms with E-state index in [1.54, 1.807) is 0 Å². The number of nitrogens with one attached hydrogen (secondary N) is 1. The molecule has 0 radical (unpaired) electrons. The second-order valence-corrected chi connectivity index (χ2v) is 5.74. The van der Waals surface area contributed by atoms with Crippen molar-refractivity contribution in [1.29, 1.82) is 0 Å². The van der Waals surface area contributed by atoms with Crippen LogP contribution in [0.2, 0.25) is 0 Å². The van der Waals surface area contributed by atoms with Gasteiger partial charge in [0.1, 0.15) is 0 Å². The van der Waals surface area contributed by atoms with Crippen LogP contribution in [-0.4, -0.2) is 36.5 Å². The normalized spacial score (nSPS) is 27.9. The third-order valence-corrected chi connectivity index (χ3v) is 4.31. The standard InChI is InChI=1S/C14H26N2O/c1-16-10-6-5-9-13(16)11-14(17)15-12-7-3-2-4-8-12/h12-13H,2-11H2,1H3,(H,15,17). The highest BCUT2D eigenvalue weighted by molar-refractivity contribution is 5.76. The van der Waals surface area contributed by atoms with Gasteiger partial charge in [-0.1, -0.05) is 25.7 Å². The second-order valence-electron chi connectivity index (χ2n) is 5.74. The summed E-state index contributed by atoms with van der Waals surface area (Å²) in [6.45, 7) is 1.15. The fraction of sp³-hybridized carbons (Fsp3) is 0.929. The molecule has 2 aliphatic rings. The van der Waals surface area contributed by atoms with Gasteiger partial charge in [0.2, 0.25) is 5.91 Å². The van der Waals surface area contributed by atoms with E-state index >= 15 is 0 Å². The molecule has 1 N–H and O–H groups in total. The van der Waals surface area contributed by atoms with Crippen LogP contribution in [0.5, 0.6) is 0 Å². The summed E-state index contributed by atoms with van der Waals surface area (Å²) in [5, 5.41) is 3.22. The number of hydrogen-bond donors (Lipinski definition) is 1. The molecule has 1 atom stereocenters. The Bertz CT molecular complexity index is 249. The summed E-state index contributed by atoms with van der Waals surface area (Å²) in [4.78, 5) is 14.3. The molecule has 1 saturated carbocycles. The molecule has 17 heavy (non-hydrogen) atoms. The lowest BCUT2D eigenvalue weighted by Crippen LogP contribution is -2.43. The maximum atomic E-state index is 12.0. The molecule has 98 valence electrons. The number of nitrogens with zero attached hydrogens (tertiary/aromatic N) is 1. The summed E-state index contributed by atoms with van der Waals surface area (Å²) in [7, 11) is 2.15. The molecule has 3 heteroatoms. The van der Waals surface area contributed by atoms with Gasteiger partial charge in [0.15, 0.2) is 0 Å². The summed E-state index contributed by atoms with van der Waals surface area (Å²) >= 11 is 0. The third kappa shape index (κ3) is 3.98. The molecule has 2 fully saturated rings. The molecular formula is C14H26N2O. The smallest absolute Gasteiger partial charge is 0.221 e. The Kier molecular flexibility index (Phi) is 4.84. The van der Waals surface area contributed by atoms with Crippen LogP contribution < -0.4 is 5.32 Å². The highest BCUT2D eigenvalue weighted by atomic mass is 16.1. The van der Waals surface area contributed by atoms with Crippen LogP contribution >= 0.6 is 0 Å². The van der Waals surface area contributed by atoms with Crippen LogP contribution in [0.4, 0.5) is 0 Å². The number of likely N-dealkylation sites (tertiary alicyclic amines) is 1. The van der Waals surface area contributed by atoms with Crippen LogP contribution in [0.15, 0.2) is 0 Å². The summed E-state index contributed by atoms with van der Waals surface area (Å²) < 4.78 is 0. The van der Waals surface area contributed by atoms with E-state index in [1.807, 2.05) is 0 Å². The van der Waals surface area contributed by atoms with Crippen LogP contribution in [-0.2, 0) is 4.79 Å². The maximum Gasteiger partial charge on any atom is 0.221 e. The highest BCUT2D eigenvalue weighted by Crippen LogP contribution is 2.20. The van der Waals surface area contributed by atoms with Crippen molar-refractivity contribution in [2.24, 2.45) is 0 Å². The number of hydrogen-bond acceptors (Lipinski definition) is 2. The van der Waals surface area contributed by atoms with Crippen molar-refractivity contribution in [3.63, 3.8) is 0 Å². The summed E-state index contributed by atoms with van der Waals surface area (Å²) in [6.07, 6.45) is 10.8. The molecule has 0 bridgehead atoms. The van der Waals surface area contributed by atoms with E-state index in [0.717, 1.165) is 6.54 Å². The number of piperidine rings is 1. The van der Waals surface area contributed by atoms with Crippen LogP contribution in [0.3, 0.4) is 0 Å². The van der Waals surface area contributed by atoms with E-state index in [4.69, 9.17) is 0 Å². The lowest BCUT2D eigenvalue weighted by molar-refractivity contribution is -0.123. The molecule has 1 aliphatic carbocycles. The van der Waals surface area contributed by atoms with Gasteiger partial charge < -0.3 is 10.2 Å². The average Bonchev–Trinajstić information content (AvgIpc) is 2.33. The van der Waals surface area contributed by atoms with Crippen molar-refractivity contribution in [2.45, 2.75) is 69.9 Å². The fourth-order valence-corrected chi connectivity index (χ4v) is 3.15. The van der Waals surface area contributed by atoms with Crippen molar-refractivity contribution >= 4 is 5.91 Å². The minimum absolute atomic E-state index is 0.274. The molecule has 1 aliphatic heterocycles. The Balaban J connectivity index is 1.72. The monoisotopic (exact) mass is 238 g/mol. The first-order valence-electron chi connectivity index (χ1n) is 7.25. The van der Waals surface area contributed by atoms with E-state index in [0.29, 0.717) is 18.5 Å². The molecule has 2 rings (SSSR count). The van der Waals surface area contributed by atoms with Gasteiger partial charge in [-0.05, 0) is 39.3 Å². The van der Waals surface area contributed by atoms with Crippen molar-refractivity contribution in [1.82, 2.24) is 10.2 Å². The molecule has 1 heterocycles. The van der Waals surface area contributed by atoms with Gasteiger partial charge in [0, 0.05) is 18.5 Å². The van der Waals surface area contributed by atoms with Gasteiger partial charge in [-0.25, -0.2) is 0 Å². The Morgan fingerprint density at radius 1 is 1.12 bits per heavy atom. The topological polar surface area (TPSA) is 32.3 Å². The zero-order valence-electron chi connectivity index (χ0n) is 11.1. The van der Waals surface area contributed by atoms with Gasteiger partial charge in [-0.15, -0.1) is 0 Å². The Labute approximate surface area is 105 Å². The van der Waals surface area contributed by atoms with E-state index in [1.165, 1.54) is 51.4 Å². The van der Waals surface area contributed by atoms with Crippen LogP contribution in [0.25, 0.3) is 0 Å². The zero-order valence-corrected chi connectivity index (χ0v) is 11.1. The van der Waals surface area contributed by atoms with E-state index in [9.17, 15) is 4.79 Å². The average molecular weight is 238 g/mol. The SMILES string of the molecule is CN1CCCCC1CC(=O)NC1CCCCC1. The minimum Gasteiger partial charge on any atom is -0.353 e. The van der Waals surface area contributed by atoms with Crippen LogP contribution in [0, 0.1) is 0 Å². The minimum atomic E-state index is 0.274. The van der Waals surface area contributed by atoms with Gasteiger partial charge in [0.25, 0.3) is 0 Å². The Hall–Kier alpha value is -0.570. The van der Waals surface area contributed by atoms with Gasteiger partial charge in [0.05, 0.1) is 0 Å². The summed E-state index contributed by atoms with van der Waals surface area (Å²) in [6, 6.07) is 0.942. The third-order valence-electron chi connectivity index (χ3n) is 4.31. The fourth-order valence-electron chi connectivity index (χ4n) is 3.15. The lowest BCUT2D eigenvalue weighted by atomic mass is 9.94. The lowest BCUT2D eigenvalue weighted by Gasteiger charge is -2.32. The molecule has 1 unspecified atom stereocenters. The number of carbonyl (C=O) groups excluding carboxylic acids is 1. The Morgan fingerprint density at radius 3 is 2.53 bits per heavy atom. The molecule has 0 aromatic heterocycles. The molecule has 0 aromatic carbocycles. The van der Waals surface area contributed by atoms with Crippen molar-refractivity contribution in [2.75, 3.05) is 13.6 Å². The predicted molar refractivity (Wildman–Crippen MR) is 69.9 cm³/mol. The molecule has 1 amide bonds. The first kappa shape index (κ1) is 12.9. The van der Waals surface area contributed by atoms with E-state index in [2.05, 4.69) is 17.3 Å². The first-order chi connectivity index (χ1) is 8.25. The van der Waals surface area contributed by atoms with Crippen LogP contribution in [0.1, 0.15) is 57.8 Å². The predicted octanol–water partition coefficient (Wildman–Crippen LogP) is 2.31. The van der Waals surface area contributed by atoms with Gasteiger partial charge in [-0.2, -0.15) is 0 Å². The second kappa shape index (κ2) is 6.39. The number of rotatable bonds is 3. The quantitative estimate of drug-likeness (QED) is 0.818. The van der Waals surface area contributed by atoms with Crippen molar-refractivity contribution in [3.8, 4) is 0 Å². The van der Waals surface area contributed by atoms with Gasteiger partial charge in [-0.3, -0.25) is 4.79 Å². The number of amides is 1. The van der Waals surface area contributed by atoms with E-state index < -0.39 is 0 Å². The maximum absolute atomic E-state index is 12.0. The van der Waals surface area contributed by atoms with Crippen molar-refractivity contribution in [3.05, 3.63) is 0 Å². The molecule has 0 spiro atoms. The largest absolute Gasteiger partial charge is 0.353 e. The summed E-state index contributed by atoms with van der Waals surface area (Å²) in [5.41, 5.74) is 0. The van der Waals surface area contributed by atoms with E-state index in [-0.39, 0.29) is 5.91 Å². The molecule has 1 saturated heterocycles. The van der Waals surface area contributed by atoms with Crippen molar-refractivity contribution < 1.29 is 4.79 Å². The first-order valence-corrected chi connectivity index (χ1v) is 7.25.